The van der Waals surface area contributed by atoms with Crippen molar-refractivity contribution in [1.82, 2.24) is 0 Å². The molecule has 0 heterocycles. The monoisotopic (exact) mass is 317 g/mol. The molecule has 5 nitrogen and oxygen atoms in total. The SMILES string of the molecule is Cc1cc(NC(=O)CN)ccc1NC(=O)c1cccc(Cl)c1. The average Bonchev–Trinajstić information content (AvgIpc) is 2.49. The summed E-state index contributed by atoms with van der Waals surface area (Å²) in [7, 11) is 0. The van der Waals surface area contributed by atoms with Crippen molar-refractivity contribution in [2.45, 2.75) is 6.92 Å². The molecule has 0 fully saturated rings. The van der Waals surface area contributed by atoms with E-state index in [1.807, 2.05) is 6.92 Å². The first kappa shape index (κ1) is 16.0. The van der Waals surface area contributed by atoms with E-state index in [4.69, 9.17) is 17.3 Å². The Bertz CT molecular complexity index is 716. The lowest BCUT2D eigenvalue weighted by Gasteiger charge is -2.11. The van der Waals surface area contributed by atoms with Crippen LogP contribution in [-0.4, -0.2) is 18.4 Å². The van der Waals surface area contributed by atoms with Crippen molar-refractivity contribution in [3.63, 3.8) is 0 Å². The zero-order valence-corrected chi connectivity index (χ0v) is 12.8. The van der Waals surface area contributed by atoms with Crippen LogP contribution in [-0.2, 0) is 4.79 Å². The van der Waals surface area contributed by atoms with Gasteiger partial charge >= 0.3 is 0 Å². The van der Waals surface area contributed by atoms with Gasteiger partial charge in [0.2, 0.25) is 5.91 Å². The standard InChI is InChI=1S/C16H16ClN3O2/c1-10-7-13(19-15(21)9-18)5-6-14(10)20-16(22)11-3-2-4-12(17)8-11/h2-8H,9,18H2,1H3,(H,19,21)(H,20,22). The molecule has 0 bridgehead atoms. The summed E-state index contributed by atoms with van der Waals surface area (Å²) in [6, 6.07) is 11.9. The molecule has 22 heavy (non-hydrogen) atoms. The molecule has 0 aliphatic rings. The van der Waals surface area contributed by atoms with Crippen LogP contribution in [0, 0.1) is 6.92 Å². The van der Waals surface area contributed by atoms with Crippen molar-refractivity contribution in [1.29, 1.82) is 0 Å². The molecule has 0 unspecified atom stereocenters. The Labute approximate surface area is 133 Å². The second-order valence-electron chi connectivity index (χ2n) is 4.75. The molecule has 2 amide bonds. The number of hydrogen-bond donors (Lipinski definition) is 3. The normalized spacial score (nSPS) is 10.1. The third-order valence-electron chi connectivity index (χ3n) is 3.03. The number of carbonyl (C=O) groups is 2. The molecule has 114 valence electrons. The molecule has 2 aromatic rings. The summed E-state index contributed by atoms with van der Waals surface area (Å²) in [5.41, 5.74) is 7.85. The molecule has 0 atom stereocenters. The summed E-state index contributed by atoms with van der Waals surface area (Å²) in [5, 5.41) is 5.98. The van der Waals surface area contributed by atoms with Gasteiger partial charge in [0, 0.05) is 22.0 Å². The Hall–Kier alpha value is -2.37. The van der Waals surface area contributed by atoms with Gasteiger partial charge in [0.15, 0.2) is 0 Å². The van der Waals surface area contributed by atoms with E-state index in [2.05, 4.69) is 10.6 Å². The van der Waals surface area contributed by atoms with Gasteiger partial charge in [0.25, 0.3) is 5.91 Å². The van der Waals surface area contributed by atoms with Gasteiger partial charge in [0.05, 0.1) is 6.54 Å². The van der Waals surface area contributed by atoms with Crippen LogP contribution in [0.4, 0.5) is 11.4 Å². The second-order valence-corrected chi connectivity index (χ2v) is 5.18. The van der Waals surface area contributed by atoms with Crippen LogP contribution in [0.2, 0.25) is 5.02 Å². The van der Waals surface area contributed by atoms with E-state index in [0.29, 0.717) is 22.0 Å². The van der Waals surface area contributed by atoms with Crippen LogP contribution in [0.5, 0.6) is 0 Å². The summed E-state index contributed by atoms with van der Waals surface area (Å²) in [6.07, 6.45) is 0. The highest BCUT2D eigenvalue weighted by molar-refractivity contribution is 6.31. The Morgan fingerprint density at radius 1 is 1.14 bits per heavy atom. The summed E-state index contributed by atoms with van der Waals surface area (Å²) >= 11 is 5.88. The molecule has 0 saturated carbocycles. The minimum absolute atomic E-state index is 0.0771. The lowest BCUT2D eigenvalue weighted by molar-refractivity contribution is -0.114. The summed E-state index contributed by atoms with van der Waals surface area (Å²) in [4.78, 5) is 23.4. The first-order valence-corrected chi connectivity index (χ1v) is 7.05. The zero-order valence-electron chi connectivity index (χ0n) is 12.0. The molecule has 0 radical (unpaired) electrons. The van der Waals surface area contributed by atoms with Gasteiger partial charge in [-0.2, -0.15) is 0 Å². The number of nitrogens with two attached hydrogens (primary N) is 1. The number of amides is 2. The maximum atomic E-state index is 12.2. The molecule has 0 saturated heterocycles. The minimum atomic E-state index is -0.268. The van der Waals surface area contributed by atoms with E-state index < -0.39 is 0 Å². The van der Waals surface area contributed by atoms with Gasteiger partial charge in [-0.15, -0.1) is 0 Å². The number of benzene rings is 2. The third kappa shape index (κ3) is 4.07. The molecular weight excluding hydrogens is 302 g/mol. The first-order chi connectivity index (χ1) is 10.5. The van der Waals surface area contributed by atoms with Crippen molar-refractivity contribution in [2.24, 2.45) is 5.73 Å². The second kappa shape index (κ2) is 7.06. The molecule has 6 heteroatoms. The fourth-order valence-electron chi connectivity index (χ4n) is 1.92. The molecule has 0 aliphatic heterocycles. The van der Waals surface area contributed by atoms with Gasteiger partial charge in [-0.25, -0.2) is 0 Å². The van der Waals surface area contributed by atoms with Crippen LogP contribution >= 0.6 is 11.6 Å². The highest BCUT2D eigenvalue weighted by Gasteiger charge is 2.09. The highest BCUT2D eigenvalue weighted by Crippen LogP contribution is 2.21. The van der Waals surface area contributed by atoms with E-state index in [1.54, 1.807) is 42.5 Å². The fourth-order valence-corrected chi connectivity index (χ4v) is 2.11. The largest absolute Gasteiger partial charge is 0.325 e. The summed E-state index contributed by atoms with van der Waals surface area (Å²) < 4.78 is 0. The number of hydrogen-bond acceptors (Lipinski definition) is 3. The predicted molar refractivity (Wildman–Crippen MR) is 88.3 cm³/mol. The van der Waals surface area contributed by atoms with Gasteiger partial charge in [-0.05, 0) is 48.9 Å². The lowest BCUT2D eigenvalue weighted by atomic mass is 10.1. The van der Waals surface area contributed by atoms with Gasteiger partial charge < -0.3 is 16.4 Å². The minimum Gasteiger partial charge on any atom is -0.325 e. The van der Waals surface area contributed by atoms with Gasteiger partial charge in [0.1, 0.15) is 0 Å². The zero-order chi connectivity index (χ0) is 16.1. The number of anilines is 2. The van der Waals surface area contributed by atoms with E-state index in [9.17, 15) is 9.59 Å². The van der Waals surface area contributed by atoms with Crippen LogP contribution in [0.15, 0.2) is 42.5 Å². The quantitative estimate of drug-likeness (QED) is 0.810. The Morgan fingerprint density at radius 3 is 2.55 bits per heavy atom. The smallest absolute Gasteiger partial charge is 0.255 e. The van der Waals surface area contributed by atoms with Crippen LogP contribution in [0.25, 0.3) is 0 Å². The number of rotatable bonds is 4. The fraction of sp³-hybridized carbons (Fsp3) is 0.125. The van der Waals surface area contributed by atoms with Crippen molar-refractivity contribution in [3.8, 4) is 0 Å². The first-order valence-electron chi connectivity index (χ1n) is 6.67. The highest BCUT2D eigenvalue weighted by atomic mass is 35.5. The average molecular weight is 318 g/mol. The molecular formula is C16H16ClN3O2. The van der Waals surface area contributed by atoms with Crippen molar-refractivity contribution in [3.05, 3.63) is 58.6 Å². The molecule has 0 aliphatic carbocycles. The number of halogens is 1. The Balaban J connectivity index is 2.13. The number of aryl methyl sites for hydroxylation is 1. The predicted octanol–water partition coefficient (Wildman–Crippen LogP) is 2.80. The maximum Gasteiger partial charge on any atom is 0.255 e. The Morgan fingerprint density at radius 2 is 1.91 bits per heavy atom. The van der Waals surface area contributed by atoms with Crippen LogP contribution < -0.4 is 16.4 Å². The molecule has 2 aromatic carbocycles. The number of nitrogens with one attached hydrogen (secondary N) is 2. The van der Waals surface area contributed by atoms with Gasteiger partial charge in [-0.1, -0.05) is 17.7 Å². The maximum absolute atomic E-state index is 12.2. The van der Waals surface area contributed by atoms with Crippen LogP contribution in [0.3, 0.4) is 0 Å². The molecule has 0 spiro atoms. The topological polar surface area (TPSA) is 84.2 Å². The molecule has 2 rings (SSSR count). The van der Waals surface area contributed by atoms with Crippen molar-refractivity contribution in [2.75, 3.05) is 17.2 Å². The van der Waals surface area contributed by atoms with E-state index in [-0.39, 0.29) is 18.4 Å². The lowest BCUT2D eigenvalue weighted by Crippen LogP contribution is -2.21. The van der Waals surface area contributed by atoms with E-state index >= 15 is 0 Å². The molecule has 0 aromatic heterocycles. The summed E-state index contributed by atoms with van der Waals surface area (Å²) in [5.74, 6) is -0.514. The van der Waals surface area contributed by atoms with Gasteiger partial charge in [-0.3, -0.25) is 9.59 Å². The molecule has 4 N–H and O–H groups in total. The van der Waals surface area contributed by atoms with Crippen LogP contribution in [0.1, 0.15) is 15.9 Å². The van der Waals surface area contributed by atoms with Crippen molar-refractivity contribution < 1.29 is 9.59 Å². The Kier molecular flexibility index (Phi) is 5.14. The van der Waals surface area contributed by atoms with Crippen molar-refractivity contribution >= 4 is 34.8 Å². The van der Waals surface area contributed by atoms with E-state index in [0.717, 1.165) is 5.56 Å². The number of carbonyl (C=O) groups excluding carboxylic acids is 2. The third-order valence-corrected chi connectivity index (χ3v) is 3.27. The summed E-state index contributed by atoms with van der Waals surface area (Å²) in [6.45, 7) is 1.76. The van der Waals surface area contributed by atoms with E-state index in [1.165, 1.54) is 0 Å².